The number of nitrogens with zero attached hydrogens (tertiary/aromatic N) is 2. The monoisotopic (exact) mass is 387 g/mol. The quantitative estimate of drug-likeness (QED) is 0.320. The molecular weight excluding hydrogens is 365 g/mol. The Kier molecular flexibility index (Phi) is 6.77. The van der Waals surface area contributed by atoms with Crippen LogP contribution in [-0.4, -0.2) is 22.5 Å². The minimum absolute atomic E-state index is 0. The zero-order valence-corrected chi connectivity index (χ0v) is 14.3. The van der Waals surface area contributed by atoms with Gasteiger partial charge in [-0.3, -0.25) is 0 Å². The van der Waals surface area contributed by atoms with Crippen LogP contribution in [0.2, 0.25) is 0 Å². The maximum absolute atomic E-state index is 5.78. The Labute approximate surface area is 136 Å². The molecule has 0 unspecified atom stereocenters. The summed E-state index contributed by atoms with van der Waals surface area (Å²) in [5.74, 6) is 1.31. The second-order valence-corrected chi connectivity index (χ2v) is 4.64. The van der Waals surface area contributed by atoms with Crippen molar-refractivity contribution in [3.05, 3.63) is 29.6 Å². The van der Waals surface area contributed by atoms with E-state index in [9.17, 15) is 0 Å². The number of hydrogen-bond acceptors (Lipinski definition) is 2. The molecule has 4 N–H and O–H groups in total. The third-order valence-corrected chi connectivity index (χ3v) is 3.00. The van der Waals surface area contributed by atoms with Gasteiger partial charge in [0.15, 0.2) is 5.96 Å². The largest absolute Gasteiger partial charge is 0.370 e. The van der Waals surface area contributed by atoms with E-state index in [-0.39, 0.29) is 24.0 Å². The van der Waals surface area contributed by atoms with Crippen molar-refractivity contribution >= 4 is 41.0 Å². The number of aromatic amines is 1. The molecule has 5 nitrogen and oxygen atoms in total. The summed E-state index contributed by atoms with van der Waals surface area (Å²) in [6, 6.07) is 6.09. The van der Waals surface area contributed by atoms with Gasteiger partial charge >= 0.3 is 0 Å². The number of aromatic nitrogens is 2. The standard InChI is InChI=1S/C14H21N5.HI/c1-3-4-8-16-14(15)17-9-12-18-11-7-5-6-10(2)13(11)19-12;/h5-7H,3-4,8-9H2,1-2H3,(H,18,19)(H3,15,16,17);1H. The van der Waals surface area contributed by atoms with E-state index in [2.05, 4.69) is 40.2 Å². The molecule has 0 aliphatic rings. The van der Waals surface area contributed by atoms with Crippen LogP contribution in [0.1, 0.15) is 31.2 Å². The van der Waals surface area contributed by atoms with Crippen molar-refractivity contribution in [3.8, 4) is 0 Å². The van der Waals surface area contributed by atoms with Gasteiger partial charge in [-0.25, -0.2) is 9.98 Å². The molecule has 2 rings (SSSR count). The molecule has 0 spiro atoms. The smallest absolute Gasteiger partial charge is 0.189 e. The highest BCUT2D eigenvalue weighted by Gasteiger charge is 2.03. The summed E-state index contributed by atoms with van der Waals surface area (Å²) in [6.07, 6.45) is 2.24. The number of nitrogens with one attached hydrogen (secondary N) is 2. The summed E-state index contributed by atoms with van der Waals surface area (Å²) >= 11 is 0. The summed E-state index contributed by atoms with van der Waals surface area (Å²) < 4.78 is 0. The summed E-state index contributed by atoms with van der Waals surface area (Å²) in [6.45, 7) is 5.53. The van der Waals surface area contributed by atoms with E-state index in [0.717, 1.165) is 41.8 Å². The van der Waals surface area contributed by atoms with Gasteiger partial charge in [-0.2, -0.15) is 0 Å². The third-order valence-electron chi connectivity index (χ3n) is 3.00. The van der Waals surface area contributed by atoms with E-state index in [1.165, 1.54) is 0 Å². The first kappa shape index (κ1) is 16.7. The average molecular weight is 387 g/mol. The molecule has 0 aliphatic carbocycles. The van der Waals surface area contributed by atoms with Crippen LogP contribution in [0.15, 0.2) is 23.2 Å². The van der Waals surface area contributed by atoms with Gasteiger partial charge in [0, 0.05) is 6.54 Å². The zero-order valence-electron chi connectivity index (χ0n) is 11.9. The van der Waals surface area contributed by atoms with E-state index < -0.39 is 0 Å². The molecule has 0 aliphatic heterocycles. The first-order chi connectivity index (χ1) is 9.20. The van der Waals surface area contributed by atoms with Crippen molar-refractivity contribution in [1.82, 2.24) is 15.3 Å². The number of nitrogens with two attached hydrogens (primary N) is 1. The SMILES string of the molecule is CCCCNC(N)=NCc1nc2c(C)cccc2[nH]1.I. The van der Waals surface area contributed by atoms with Crippen LogP contribution in [0.25, 0.3) is 11.0 Å². The maximum atomic E-state index is 5.78. The summed E-state index contributed by atoms with van der Waals surface area (Å²) in [5.41, 5.74) is 9.00. The van der Waals surface area contributed by atoms with Gasteiger partial charge in [-0.1, -0.05) is 25.5 Å². The van der Waals surface area contributed by atoms with Crippen molar-refractivity contribution in [1.29, 1.82) is 0 Å². The van der Waals surface area contributed by atoms with Crippen LogP contribution >= 0.6 is 24.0 Å². The number of aryl methyl sites for hydroxylation is 1. The molecule has 1 aromatic carbocycles. The van der Waals surface area contributed by atoms with Crippen LogP contribution in [-0.2, 0) is 6.54 Å². The van der Waals surface area contributed by atoms with Gasteiger partial charge in [0.05, 0.1) is 11.0 Å². The van der Waals surface area contributed by atoms with E-state index in [0.29, 0.717) is 12.5 Å². The predicted octanol–water partition coefficient (Wildman–Crippen LogP) is 2.69. The fourth-order valence-corrected chi connectivity index (χ4v) is 1.91. The van der Waals surface area contributed by atoms with Gasteiger partial charge < -0.3 is 16.0 Å². The Hall–Kier alpha value is -1.31. The molecule has 1 aromatic heterocycles. The molecule has 0 amide bonds. The van der Waals surface area contributed by atoms with Crippen molar-refractivity contribution in [3.63, 3.8) is 0 Å². The van der Waals surface area contributed by atoms with Crippen LogP contribution in [0, 0.1) is 6.92 Å². The molecule has 0 saturated carbocycles. The Balaban J connectivity index is 0.00000200. The number of imidazole rings is 1. The highest BCUT2D eigenvalue weighted by Crippen LogP contribution is 2.15. The van der Waals surface area contributed by atoms with Gasteiger partial charge in [0.1, 0.15) is 12.4 Å². The van der Waals surface area contributed by atoms with E-state index in [4.69, 9.17) is 5.73 Å². The minimum atomic E-state index is 0. The highest BCUT2D eigenvalue weighted by molar-refractivity contribution is 14.0. The van der Waals surface area contributed by atoms with E-state index in [1.807, 2.05) is 12.1 Å². The lowest BCUT2D eigenvalue weighted by Crippen LogP contribution is -2.32. The molecule has 0 saturated heterocycles. The number of guanidine groups is 1. The normalized spacial score (nSPS) is 11.4. The van der Waals surface area contributed by atoms with Gasteiger partial charge in [-0.05, 0) is 25.0 Å². The highest BCUT2D eigenvalue weighted by atomic mass is 127. The number of H-pyrrole nitrogens is 1. The predicted molar refractivity (Wildman–Crippen MR) is 94.5 cm³/mol. The molecule has 6 heteroatoms. The second kappa shape index (κ2) is 8.08. The summed E-state index contributed by atoms with van der Waals surface area (Å²) in [4.78, 5) is 12.1. The van der Waals surface area contributed by atoms with Crippen LogP contribution < -0.4 is 11.1 Å². The Bertz CT molecular complexity index is 576. The van der Waals surface area contributed by atoms with Gasteiger partial charge in [0.25, 0.3) is 0 Å². The molecular formula is C14H22IN5. The van der Waals surface area contributed by atoms with Crippen LogP contribution in [0.5, 0.6) is 0 Å². The molecule has 1 heterocycles. The lowest BCUT2D eigenvalue weighted by atomic mass is 10.2. The first-order valence-corrected chi connectivity index (χ1v) is 6.68. The Morgan fingerprint density at radius 1 is 1.45 bits per heavy atom. The number of benzene rings is 1. The molecule has 0 radical (unpaired) electrons. The summed E-state index contributed by atoms with van der Waals surface area (Å²) in [7, 11) is 0. The topological polar surface area (TPSA) is 79.1 Å². The lowest BCUT2D eigenvalue weighted by Gasteiger charge is -2.03. The summed E-state index contributed by atoms with van der Waals surface area (Å²) in [5, 5.41) is 3.09. The number of aliphatic imine (C=N–C) groups is 1. The van der Waals surface area contributed by atoms with E-state index >= 15 is 0 Å². The minimum Gasteiger partial charge on any atom is -0.370 e. The van der Waals surface area contributed by atoms with Gasteiger partial charge in [0.2, 0.25) is 0 Å². The van der Waals surface area contributed by atoms with Crippen molar-refractivity contribution in [2.75, 3.05) is 6.54 Å². The van der Waals surface area contributed by atoms with E-state index in [1.54, 1.807) is 0 Å². The second-order valence-electron chi connectivity index (χ2n) is 4.64. The molecule has 20 heavy (non-hydrogen) atoms. The fourth-order valence-electron chi connectivity index (χ4n) is 1.91. The Morgan fingerprint density at radius 3 is 2.95 bits per heavy atom. The number of fused-ring (bicyclic) bond motifs is 1. The van der Waals surface area contributed by atoms with Crippen LogP contribution in [0.4, 0.5) is 0 Å². The average Bonchev–Trinajstić information content (AvgIpc) is 2.81. The first-order valence-electron chi connectivity index (χ1n) is 6.68. The Morgan fingerprint density at radius 2 is 2.25 bits per heavy atom. The van der Waals surface area contributed by atoms with Crippen molar-refractivity contribution in [2.45, 2.75) is 33.2 Å². The molecule has 0 bridgehead atoms. The number of rotatable bonds is 5. The maximum Gasteiger partial charge on any atom is 0.189 e. The molecule has 0 fully saturated rings. The molecule has 0 atom stereocenters. The van der Waals surface area contributed by atoms with Crippen LogP contribution in [0.3, 0.4) is 0 Å². The van der Waals surface area contributed by atoms with Crippen molar-refractivity contribution in [2.24, 2.45) is 10.7 Å². The lowest BCUT2D eigenvalue weighted by molar-refractivity contribution is 0.747. The number of para-hydroxylation sites is 1. The number of halogens is 1. The van der Waals surface area contributed by atoms with Gasteiger partial charge in [-0.15, -0.1) is 24.0 Å². The molecule has 110 valence electrons. The number of hydrogen-bond donors (Lipinski definition) is 3. The third kappa shape index (κ3) is 4.36. The fraction of sp³-hybridized carbons (Fsp3) is 0.429. The zero-order chi connectivity index (χ0) is 13.7. The number of unbranched alkanes of at least 4 members (excludes halogenated alkanes) is 1. The van der Waals surface area contributed by atoms with Crippen molar-refractivity contribution < 1.29 is 0 Å². The molecule has 2 aromatic rings.